The summed E-state index contributed by atoms with van der Waals surface area (Å²) in [7, 11) is 5.33. The summed E-state index contributed by atoms with van der Waals surface area (Å²) in [5.74, 6) is 0.0504. The summed E-state index contributed by atoms with van der Waals surface area (Å²) in [6.45, 7) is 8.27. The topological polar surface area (TPSA) is 29.5 Å². The van der Waals surface area contributed by atoms with Crippen LogP contribution in [0.3, 0.4) is 0 Å². The van der Waals surface area contributed by atoms with Gasteiger partial charge in [0, 0.05) is 25.8 Å². The number of ether oxygens (including phenoxy) is 1. The van der Waals surface area contributed by atoms with Gasteiger partial charge >= 0.3 is 0 Å². The summed E-state index contributed by atoms with van der Waals surface area (Å²) in [5, 5.41) is 0. The molecule has 1 saturated heterocycles. The van der Waals surface area contributed by atoms with Crippen molar-refractivity contribution in [3.63, 3.8) is 0 Å². The Morgan fingerprint density at radius 2 is 1.93 bits per heavy atom. The number of carbonyl (C=O) groups excluding carboxylic acids is 1. The Bertz CT molecular complexity index is 170. The molecule has 1 amide bonds. The van der Waals surface area contributed by atoms with E-state index in [4.69, 9.17) is 12.6 Å². The fourth-order valence-electron chi connectivity index (χ4n) is 1.75. The molecule has 1 heterocycles. The predicted octanol–water partition coefficient (Wildman–Crippen LogP) is 1.63. The van der Waals surface area contributed by atoms with Crippen LogP contribution in [0, 0.1) is 0 Å². The lowest BCUT2D eigenvalue weighted by atomic mass is 10.0. The highest BCUT2D eigenvalue weighted by Crippen LogP contribution is 2.14. The Kier molecular flexibility index (Phi) is 8.48. The van der Waals surface area contributed by atoms with Crippen LogP contribution in [0.2, 0.25) is 6.32 Å². The monoisotopic (exact) mass is 211 g/mol. The van der Waals surface area contributed by atoms with Crippen molar-refractivity contribution in [2.45, 2.75) is 46.0 Å². The molecule has 0 bridgehead atoms. The minimum absolute atomic E-state index is 0.0504. The number of hydrogen-bond donors (Lipinski definition) is 0. The quantitative estimate of drug-likeness (QED) is 0.664. The van der Waals surface area contributed by atoms with Crippen LogP contribution in [0.5, 0.6) is 0 Å². The normalized spacial score (nSPS) is 16.5. The van der Waals surface area contributed by atoms with Crippen LogP contribution in [0.15, 0.2) is 0 Å². The average Bonchev–Trinajstić information content (AvgIpc) is 2.33. The molecule has 0 aromatic carbocycles. The molecule has 0 spiro atoms. The summed E-state index contributed by atoms with van der Waals surface area (Å²) >= 11 is 0. The molecule has 4 heteroatoms. The first-order valence-electron chi connectivity index (χ1n) is 5.86. The number of amides is 1. The molecular formula is C11H22BNO2. The van der Waals surface area contributed by atoms with Crippen LogP contribution in [0.4, 0.5) is 0 Å². The SMILES string of the molecule is CC.[B]CC(=O)N(CC)C1CCOCC1. The molecule has 86 valence electrons. The van der Waals surface area contributed by atoms with Crippen LogP contribution < -0.4 is 0 Å². The summed E-state index contributed by atoms with van der Waals surface area (Å²) in [5.41, 5.74) is 0. The predicted molar refractivity (Wildman–Crippen MR) is 63.1 cm³/mol. The first-order valence-corrected chi connectivity index (χ1v) is 5.86. The van der Waals surface area contributed by atoms with Gasteiger partial charge in [-0.3, -0.25) is 4.79 Å². The van der Waals surface area contributed by atoms with E-state index in [1.807, 2.05) is 25.7 Å². The second-order valence-electron chi connectivity index (χ2n) is 3.23. The van der Waals surface area contributed by atoms with Gasteiger partial charge in [-0.2, -0.15) is 0 Å². The second kappa shape index (κ2) is 8.78. The maximum Gasteiger partial charge on any atom is 0.214 e. The van der Waals surface area contributed by atoms with E-state index < -0.39 is 0 Å². The second-order valence-corrected chi connectivity index (χ2v) is 3.23. The Balaban J connectivity index is 0.000000921. The van der Waals surface area contributed by atoms with Crippen molar-refractivity contribution in [3.05, 3.63) is 0 Å². The number of nitrogens with zero attached hydrogens (tertiary/aromatic N) is 1. The molecule has 1 fully saturated rings. The smallest absolute Gasteiger partial charge is 0.214 e. The van der Waals surface area contributed by atoms with Gasteiger partial charge in [0.1, 0.15) is 0 Å². The molecule has 1 aliphatic heterocycles. The third kappa shape index (κ3) is 4.69. The molecule has 0 unspecified atom stereocenters. The molecule has 0 aliphatic carbocycles. The summed E-state index contributed by atoms with van der Waals surface area (Å²) in [6.07, 6.45) is 2.00. The Morgan fingerprint density at radius 3 is 2.33 bits per heavy atom. The molecule has 0 aromatic heterocycles. The molecule has 0 atom stereocenters. The molecule has 1 aliphatic rings. The van der Waals surface area contributed by atoms with Crippen molar-refractivity contribution in [1.29, 1.82) is 0 Å². The maximum absolute atomic E-state index is 11.4. The first kappa shape index (κ1) is 14.5. The minimum atomic E-state index is 0.0504. The first-order chi connectivity index (χ1) is 7.29. The van der Waals surface area contributed by atoms with Crippen LogP contribution in [-0.2, 0) is 9.53 Å². The van der Waals surface area contributed by atoms with E-state index in [9.17, 15) is 4.79 Å². The zero-order valence-electron chi connectivity index (χ0n) is 10.2. The van der Waals surface area contributed by atoms with Gasteiger partial charge in [0.25, 0.3) is 0 Å². The third-order valence-electron chi connectivity index (χ3n) is 2.47. The molecule has 0 aromatic rings. The van der Waals surface area contributed by atoms with Crippen molar-refractivity contribution in [2.24, 2.45) is 0 Å². The third-order valence-corrected chi connectivity index (χ3v) is 2.47. The summed E-state index contributed by atoms with van der Waals surface area (Å²) in [6, 6.07) is 0.342. The van der Waals surface area contributed by atoms with Crippen LogP contribution >= 0.6 is 0 Å². The van der Waals surface area contributed by atoms with Crippen LogP contribution in [0.1, 0.15) is 33.6 Å². The van der Waals surface area contributed by atoms with E-state index in [2.05, 4.69) is 0 Å². The van der Waals surface area contributed by atoms with Gasteiger partial charge in [0.2, 0.25) is 5.91 Å². The highest BCUT2D eigenvalue weighted by Gasteiger charge is 2.22. The maximum atomic E-state index is 11.4. The van der Waals surface area contributed by atoms with E-state index in [-0.39, 0.29) is 12.2 Å². The van der Waals surface area contributed by atoms with Crippen molar-refractivity contribution in [1.82, 2.24) is 4.90 Å². The fourth-order valence-corrected chi connectivity index (χ4v) is 1.75. The fraction of sp³-hybridized carbons (Fsp3) is 0.909. The molecule has 1 rings (SSSR count). The van der Waals surface area contributed by atoms with Crippen molar-refractivity contribution in [3.8, 4) is 0 Å². The van der Waals surface area contributed by atoms with Gasteiger partial charge in [-0.25, -0.2) is 0 Å². The number of hydrogen-bond acceptors (Lipinski definition) is 2. The van der Waals surface area contributed by atoms with Gasteiger partial charge in [0.05, 0.1) is 7.85 Å². The lowest BCUT2D eigenvalue weighted by Gasteiger charge is -2.33. The van der Waals surface area contributed by atoms with E-state index in [1.54, 1.807) is 0 Å². The van der Waals surface area contributed by atoms with Crippen molar-refractivity contribution in [2.75, 3.05) is 19.8 Å². The molecule has 2 radical (unpaired) electrons. The van der Waals surface area contributed by atoms with Gasteiger partial charge < -0.3 is 9.64 Å². The van der Waals surface area contributed by atoms with Crippen LogP contribution in [0.25, 0.3) is 0 Å². The highest BCUT2D eigenvalue weighted by molar-refractivity contribution is 6.19. The number of rotatable bonds is 3. The average molecular weight is 211 g/mol. The summed E-state index contributed by atoms with van der Waals surface area (Å²) < 4.78 is 5.24. The van der Waals surface area contributed by atoms with E-state index >= 15 is 0 Å². The molecule has 15 heavy (non-hydrogen) atoms. The van der Waals surface area contributed by atoms with Gasteiger partial charge in [-0.15, -0.1) is 0 Å². The lowest BCUT2D eigenvalue weighted by Crippen LogP contribution is -2.43. The van der Waals surface area contributed by atoms with Gasteiger partial charge in [-0.1, -0.05) is 13.8 Å². The molecule has 0 saturated carbocycles. The Hall–Kier alpha value is -0.505. The minimum Gasteiger partial charge on any atom is -0.381 e. The van der Waals surface area contributed by atoms with E-state index in [1.165, 1.54) is 0 Å². The zero-order valence-corrected chi connectivity index (χ0v) is 10.2. The van der Waals surface area contributed by atoms with Gasteiger partial charge in [0.15, 0.2) is 0 Å². The van der Waals surface area contributed by atoms with Crippen molar-refractivity contribution >= 4 is 13.8 Å². The zero-order chi connectivity index (χ0) is 11.7. The van der Waals surface area contributed by atoms with Crippen LogP contribution in [-0.4, -0.2) is 44.5 Å². The standard InChI is InChI=1S/C9H16BNO2.C2H6/c1-2-11(9(12)7-10)8-3-5-13-6-4-8;1-2/h8H,2-7H2,1H3;1-2H3. The number of carbonyl (C=O) groups is 1. The highest BCUT2D eigenvalue weighted by atomic mass is 16.5. The summed E-state index contributed by atoms with van der Waals surface area (Å²) in [4.78, 5) is 13.3. The van der Waals surface area contributed by atoms with E-state index in [0.29, 0.717) is 6.04 Å². The lowest BCUT2D eigenvalue weighted by molar-refractivity contribution is -0.132. The van der Waals surface area contributed by atoms with E-state index in [0.717, 1.165) is 32.6 Å². The molecule has 3 nitrogen and oxygen atoms in total. The van der Waals surface area contributed by atoms with Gasteiger partial charge in [-0.05, 0) is 26.1 Å². The molecule has 0 N–H and O–H groups in total. The Morgan fingerprint density at radius 1 is 1.40 bits per heavy atom. The van der Waals surface area contributed by atoms with Crippen molar-refractivity contribution < 1.29 is 9.53 Å². The molecular weight excluding hydrogens is 189 g/mol. The largest absolute Gasteiger partial charge is 0.381 e. The Labute approximate surface area is 94.6 Å².